The summed E-state index contributed by atoms with van der Waals surface area (Å²) in [6.45, 7) is 10.2. The molecule has 4 nitrogen and oxygen atoms in total. The Morgan fingerprint density at radius 1 is 1.09 bits per heavy atom. The summed E-state index contributed by atoms with van der Waals surface area (Å²) in [5.74, 6) is -0.186. The lowest BCUT2D eigenvalue weighted by atomic mass is 9.80. The van der Waals surface area contributed by atoms with Gasteiger partial charge in [-0.05, 0) is 30.4 Å². The molecule has 0 bridgehead atoms. The van der Waals surface area contributed by atoms with Gasteiger partial charge in [0.1, 0.15) is 5.69 Å². The van der Waals surface area contributed by atoms with E-state index in [1.807, 2.05) is 12.1 Å². The van der Waals surface area contributed by atoms with Crippen molar-refractivity contribution in [1.29, 1.82) is 0 Å². The van der Waals surface area contributed by atoms with Crippen molar-refractivity contribution in [3.63, 3.8) is 0 Å². The Morgan fingerprint density at radius 3 is 2.32 bits per heavy atom. The molecule has 0 radical (unpaired) electrons. The average molecular weight is 297 g/mol. The molecule has 1 aromatic heterocycles. The van der Waals surface area contributed by atoms with Gasteiger partial charge in [0.05, 0.1) is 11.7 Å². The Balaban J connectivity index is 2.35. The summed E-state index contributed by atoms with van der Waals surface area (Å²) in [5, 5.41) is 3.13. The lowest BCUT2D eigenvalue weighted by Crippen LogP contribution is -2.37. The number of aromatic nitrogens is 2. The summed E-state index contributed by atoms with van der Waals surface area (Å²) >= 11 is 0. The first kappa shape index (κ1) is 16.1. The van der Waals surface area contributed by atoms with Crippen LogP contribution in [0.3, 0.4) is 0 Å². The maximum atomic E-state index is 12.6. The summed E-state index contributed by atoms with van der Waals surface area (Å²) in [5.41, 5.74) is 3.20. The van der Waals surface area contributed by atoms with Crippen molar-refractivity contribution < 1.29 is 4.79 Å². The largest absolute Gasteiger partial charge is 0.343 e. The Bertz CT molecular complexity index is 674. The number of nitrogens with zero attached hydrogens (tertiary/aromatic N) is 2. The van der Waals surface area contributed by atoms with Crippen LogP contribution in [0.1, 0.15) is 54.1 Å². The van der Waals surface area contributed by atoms with Gasteiger partial charge in [0.2, 0.25) is 0 Å². The van der Waals surface area contributed by atoms with Gasteiger partial charge in [0.15, 0.2) is 0 Å². The smallest absolute Gasteiger partial charge is 0.272 e. The van der Waals surface area contributed by atoms with Crippen molar-refractivity contribution in [2.24, 2.45) is 5.41 Å². The molecule has 22 heavy (non-hydrogen) atoms. The molecule has 2 rings (SSSR count). The molecule has 1 N–H and O–H groups in total. The van der Waals surface area contributed by atoms with E-state index in [0.29, 0.717) is 11.4 Å². The van der Waals surface area contributed by atoms with Gasteiger partial charge < -0.3 is 5.32 Å². The summed E-state index contributed by atoms with van der Waals surface area (Å²) in [6.07, 6.45) is 3.14. The standard InChI is InChI=1S/C18H23N3O/c1-12-8-6-7-9-14(12)16(18(3,4)5)21-17(22)15-13(2)19-10-11-20-15/h6-11,16H,1-5H3,(H,21,22). The quantitative estimate of drug-likeness (QED) is 0.941. The highest BCUT2D eigenvalue weighted by molar-refractivity contribution is 5.93. The van der Waals surface area contributed by atoms with E-state index < -0.39 is 0 Å². The molecular formula is C18H23N3O. The van der Waals surface area contributed by atoms with Gasteiger partial charge in [-0.15, -0.1) is 0 Å². The monoisotopic (exact) mass is 297 g/mol. The molecule has 0 saturated heterocycles. The highest BCUT2D eigenvalue weighted by Crippen LogP contribution is 2.34. The van der Waals surface area contributed by atoms with Crippen LogP contribution in [-0.2, 0) is 0 Å². The molecule has 116 valence electrons. The Hall–Kier alpha value is -2.23. The number of carbonyl (C=O) groups is 1. The number of amides is 1. The Kier molecular flexibility index (Phi) is 4.59. The van der Waals surface area contributed by atoms with Crippen molar-refractivity contribution in [2.45, 2.75) is 40.7 Å². The van der Waals surface area contributed by atoms with Crippen LogP contribution < -0.4 is 5.32 Å². The number of hydrogen-bond donors (Lipinski definition) is 1. The average Bonchev–Trinajstić information content (AvgIpc) is 2.45. The summed E-state index contributed by atoms with van der Waals surface area (Å²) in [6, 6.07) is 8.04. The fourth-order valence-electron chi connectivity index (χ4n) is 2.50. The van der Waals surface area contributed by atoms with Gasteiger partial charge in [-0.25, -0.2) is 4.98 Å². The van der Waals surface area contributed by atoms with Crippen molar-refractivity contribution in [2.75, 3.05) is 0 Å². The third kappa shape index (κ3) is 3.50. The number of hydrogen-bond acceptors (Lipinski definition) is 3. The van der Waals surface area contributed by atoms with Gasteiger partial charge in [-0.3, -0.25) is 9.78 Å². The van der Waals surface area contributed by atoms with Crippen LogP contribution in [-0.4, -0.2) is 15.9 Å². The minimum Gasteiger partial charge on any atom is -0.343 e. The maximum absolute atomic E-state index is 12.6. The molecule has 1 unspecified atom stereocenters. The molecule has 0 aliphatic rings. The van der Waals surface area contributed by atoms with Gasteiger partial charge in [0, 0.05) is 12.4 Å². The van der Waals surface area contributed by atoms with Crippen molar-refractivity contribution in [3.8, 4) is 0 Å². The second-order valence-electron chi connectivity index (χ2n) is 6.62. The first-order valence-corrected chi connectivity index (χ1v) is 7.44. The molecule has 2 aromatic rings. The van der Waals surface area contributed by atoms with E-state index in [0.717, 1.165) is 5.56 Å². The molecule has 1 heterocycles. The van der Waals surface area contributed by atoms with Crippen molar-refractivity contribution in [3.05, 3.63) is 59.2 Å². The molecule has 0 aliphatic carbocycles. The van der Waals surface area contributed by atoms with Crippen molar-refractivity contribution >= 4 is 5.91 Å². The molecule has 4 heteroatoms. The maximum Gasteiger partial charge on any atom is 0.272 e. The number of rotatable bonds is 3. The normalized spacial score (nSPS) is 12.8. The van der Waals surface area contributed by atoms with Crippen LogP contribution >= 0.6 is 0 Å². The number of aryl methyl sites for hydroxylation is 2. The number of carbonyl (C=O) groups excluding carboxylic acids is 1. The van der Waals surface area contributed by atoms with E-state index in [4.69, 9.17) is 0 Å². The molecule has 0 saturated carbocycles. The minimum absolute atomic E-state index is 0.0948. The van der Waals surface area contributed by atoms with E-state index in [-0.39, 0.29) is 17.4 Å². The van der Waals surface area contributed by atoms with Crippen molar-refractivity contribution in [1.82, 2.24) is 15.3 Å². The predicted octanol–water partition coefficient (Wildman–Crippen LogP) is 3.61. The Morgan fingerprint density at radius 2 is 1.73 bits per heavy atom. The molecule has 1 atom stereocenters. The van der Waals surface area contributed by atoms with E-state index >= 15 is 0 Å². The molecule has 1 aromatic carbocycles. The molecule has 0 aliphatic heterocycles. The fraction of sp³-hybridized carbons (Fsp3) is 0.389. The van der Waals surface area contributed by atoms with Gasteiger partial charge in [0.25, 0.3) is 5.91 Å². The first-order valence-electron chi connectivity index (χ1n) is 7.44. The number of nitrogens with one attached hydrogen (secondary N) is 1. The van der Waals surface area contributed by atoms with E-state index in [1.54, 1.807) is 19.3 Å². The van der Waals surface area contributed by atoms with Crippen LogP contribution in [0.5, 0.6) is 0 Å². The van der Waals surface area contributed by atoms with E-state index in [9.17, 15) is 4.79 Å². The first-order chi connectivity index (χ1) is 10.3. The van der Waals surface area contributed by atoms with E-state index in [1.165, 1.54) is 5.56 Å². The highest BCUT2D eigenvalue weighted by atomic mass is 16.2. The second kappa shape index (κ2) is 6.26. The topological polar surface area (TPSA) is 54.9 Å². The van der Waals surface area contributed by atoms with Gasteiger partial charge >= 0.3 is 0 Å². The molecule has 1 amide bonds. The predicted molar refractivity (Wildman–Crippen MR) is 87.6 cm³/mol. The minimum atomic E-state index is -0.186. The zero-order valence-corrected chi connectivity index (χ0v) is 13.8. The molecule has 0 spiro atoms. The fourth-order valence-corrected chi connectivity index (χ4v) is 2.50. The lowest BCUT2D eigenvalue weighted by molar-refractivity contribution is 0.0895. The molecular weight excluding hydrogens is 274 g/mol. The van der Waals surface area contributed by atoms with Crippen LogP contribution in [0.15, 0.2) is 36.7 Å². The van der Waals surface area contributed by atoms with Gasteiger partial charge in [-0.1, -0.05) is 45.0 Å². The second-order valence-corrected chi connectivity index (χ2v) is 6.62. The molecule has 0 fully saturated rings. The van der Waals surface area contributed by atoms with Gasteiger partial charge in [-0.2, -0.15) is 0 Å². The highest BCUT2D eigenvalue weighted by Gasteiger charge is 2.29. The Labute approximate surface area is 132 Å². The SMILES string of the molecule is Cc1ccccc1C(NC(=O)c1nccnc1C)C(C)(C)C. The number of benzene rings is 1. The van der Waals surface area contributed by atoms with Crippen LogP contribution in [0.2, 0.25) is 0 Å². The van der Waals surface area contributed by atoms with Crippen LogP contribution in [0, 0.1) is 19.3 Å². The summed E-state index contributed by atoms with van der Waals surface area (Å²) in [4.78, 5) is 20.9. The zero-order chi connectivity index (χ0) is 16.3. The zero-order valence-electron chi connectivity index (χ0n) is 13.8. The van der Waals surface area contributed by atoms with Crippen LogP contribution in [0.4, 0.5) is 0 Å². The summed E-state index contributed by atoms with van der Waals surface area (Å²) in [7, 11) is 0. The lowest BCUT2D eigenvalue weighted by Gasteiger charge is -2.33. The third-order valence-corrected chi connectivity index (χ3v) is 3.74. The van der Waals surface area contributed by atoms with E-state index in [2.05, 4.69) is 55.1 Å². The van der Waals surface area contributed by atoms with Crippen LogP contribution in [0.25, 0.3) is 0 Å². The third-order valence-electron chi connectivity index (χ3n) is 3.74. The summed E-state index contributed by atoms with van der Waals surface area (Å²) < 4.78 is 0.